The van der Waals surface area contributed by atoms with E-state index in [2.05, 4.69) is 40.2 Å². The fourth-order valence-corrected chi connectivity index (χ4v) is 4.82. The van der Waals surface area contributed by atoms with E-state index in [1.54, 1.807) is 0 Å². The van der Waals surface area contributed by atoms with Gasteiger partial charge in [-0.1, -0.05) is 78.9 Å². The Morgan fingerprint density at radius 2 is 1.48 bits per heavy atom. The first-order valence-electron chi connectivity index (χ1n) is 13.9. The van der Waals surface area contributed by atoms with Gasteiger partial charge in [-0.25, -0.2) is 4.98 Å². The molecule has 204 valence electrons. The Morgan fingerprint density at radius 1 is 0.800 bits per heavy atom. The summed E-state index contributed by atoms with van der Waals surface area (Å²) in [6, 6.07) is 34.3. The summed E-state index contributed by atoms with van der Waals surface area (Å²) in [5.41, 5.74) is 5.38. The van der Waals surface area contributed by atoms with Crippen molar-refractivity contribution in [3.05, 3.63) is 115 Å². The van der Waals surface area contributed by atoms with Crippen LogP contribution in [0.5, 0.6) is 11.5 Å². The van der Waals surface area contributed by atoms with Crippen molar-refractivity contribution in [2.24, 2.45) is 0 Å². The van der Waals surface area contributed by atoms with E-state index in [1.807, 2.05) is 79.7 Å². The number of hydrogen-bond donors (Lipinski definition) is 1. The Morgan fingerprint density at radius 3 is 2.25 bits per heavy atom. The maximum atomic E-state index is 12.6. The largest absolute Gasteiger partial charge is 0.490 e. The number of benzene rings is 4. The second-order valence-electron chi connectivity index (χ2n) is 9.59. The normalized spacial score (nSPS) is 10.9. The third-order valence-electron chi connectivity index (χ3n) is 6.78. The van der Waals surface area contributed by atoms with Crippen LogP contribution in [0.15, 0.2) is 103 Å². The Balaban J connectivity index is 1.13. The molecule has 0 bridgehead atoms. The second kappa shape index (κ2) is 13.5. The number of carbonyl (C=O) groups is 1. The van der Waals surface area contributed by atoms with Crippen LogP contribution in [0.1, 0.15) is 24.7 Å². The van der Waals surface area contributed by atoms with Gasteiger partial charge >= 0.3 is 0 Å². The molecule has 1 N–H and O–H groups in total. The van der Waals surface area contributed by atoms with E-state index in [9.17, 15) is 4.79 Å². The molecular weight excluding hydrogens is 498 g/mol. The summed E-state index contributed by atoms with van der Waals surface area (Å²) in [6.07, 6.45) is 1.93. The van der Waals surface area contributed by atoms with Crippen LogP contribution in [0.3, 0.4) is 0 Å². The maximum absolute atomic E-state index is 12.6. The molecule has 0 atom stereocenters. The summed E-state index contributed by atoms with van der Waals surface area (Å²) in [5, 5.41) is 3.07. The van der Waals surface area contributed by atoms with Crippen molar-refractivity contribution in [2.45, 2.75) is 32.7 Å². The average molecular weight is 534 g/mol. The topological polar surface area (TPSA) is 65.4 Å². The highest BCUT2D eigenvalue weighted by Gasteiger charge is 2.12. The van der Waals surface area contributed by atoms with Gasteiger partial charge in [0, 0.05) is 13.0 Å². The van der Waals surface area contributed by atoms with E-state index in [0.717, 1.165) is 52.3 Å². The zero-order chi connectivity index (χ0) is 27.6. The van der Waals surface area contributed by atoms with Crippen molar-refractivity contribution in [3.63, 3.8) is 0 Å². The second-order valence-corrected chi connectivity index (χ2v) is 9.59. The molecule has 0 aliphatic heterocycles. The van der Waals surface area contributed by atoms with Crippen LogP contribution in [0.2, 0.25) is 0 Å². The van der Waals surface area contributed by atoms with Crippen molar-refractivity contribution in [1.29, 1.82) is 0 Å². The summed E-state index contributed by atoms with van der Waals surface area (Å²) < 4.78 is 14.0. The Bertz CT molecular complexity index is 1530. The molecule has 1 amide bonds. The van der Waals surface area contributed by atoms with Crippen LogP contribution in [-0.4, -0.2) is 35.2 Å². The van der Waals surface area contributed by atoms with E-state index < -0.39 is 0 Å². The number of ether oxygens (including phenoxy) is 2. The number of nitrogens with one attached hydrogen (secondary N) is 1. The van der Waals surface area contributed by atoms with Gasteiger partial charge in [-0.3, -0.25) is 4.79 Å². The van der Waals surface area contributed by atoms with Crippen molar-refractivity contribution < 1.29 is 14.3 Å². The van der Waals surface area contributed by atoms with Gasteiger partial charge in [0.15, 0.2) is 11.5 Å². The van der Waals surface area contributed by atoms with Gasteiger partial charge in [-0.05, 0) is 54.3 Å². The predicted molar refractivity (Wildman–Crippen MR) is 160 cm³/mol. The lowest BCUT2D eigenvalue weighted by Gasteiger charge is -2.13. The quantitative estimate of drug-likeness (QED) is 0.176. The minimum absolute atomic E-state index is 0.0299. The number of fused-ring (bicyclic) bond motifs is 1. The summed E-state index contributed by atoms with van der Waals surface area (Å²) in [5.74, 6) is 2.52. The van der Waals surface area contributed by atoms with Crippen molar-refractivity contribution >= 4 is 16.9 Å². The zero-order valence-corrected chi connectivity index (χ0v) is 22.9. The molecule has 0 unspecified atom stereocenters. The van der Waals surface area contributed by atoms with E-state index >= 15 is 0 Å². The van der Waals surface area contributed by atoms with Crippen LogP contribution in [0.4, 0.5) is 0 Å². The third kappa shape index (κ3) is 6.89. The lowest BCUT2D eigenvalue weighted by atomic mass is 10.0. The highest BCUT2D eigenvalue weighted by atomic mass is 16.5. The first kappa shape index (κ1) is 27.0. The summed E-state index contributed by atoms with van der Waals surface area (Å²) in [6.45, 7) is 4.32. The summed E-state index contributed by atoms with van der Waals surface area (Å²) >= 11 is 0. The van der Waals surface area contributed by atoms with Crippen molar-refractivity contribution in [3.8, 4) is 22.6 Å². The number of para-hydroxylation sites is 4. The molecule has 0 radical (unpaired) electrons. The monoisotopic (exact) mass is 533 g/mol. The number of imidazole rings is 1. The number of aryl methyl sites for hydroxylation is 1. The van der Waals surface area contributed by atoms with E-state index in [-0.39, 0.29) is 5.91 Å². The van der Waals surface area contributed by atoms with Gasteiger partial charge < -0.3 is 19.4 Å². The van der Waals surface area contributed by atoms with Gasteiger partial charge in [0.2, 0.25) is 5.91 Å². The van der Waals surface area contributed by atoms with Gasteiger partial charge in [0.25, 0.3) is 0 Å². The van der Waals surface area contributed by atoms with Gasteiger partial charge in [0.1, 0.15) is 12.4 Å². The molecule has 0 aliphatic rings. The Hall–Kier alpha value is -4.58. The smallest absolute Gasteiger partial charge is 0.224 e. The molecule has 0 spiro atoms. The number of amides is 1. The molecule has 5 rings (SSSR count). The van der Waals surface area contributed by atoms with E-state index in [1.165, 1.54) is 5.56 Å². The van der Waals surface area contributed by atoms with E-state index in [4.69, 9.17) is 14.5 Å². The molecule has 6 heteroatoms. The molecule has 1 aromatic heterocycles. The number of rotatable bonds is 13. The highest BCUT2D eigenvalue weighted by Crippen LogP contribution is 2.26. The average Bonchev–Trinajstić information content (AvgIpc) is 3.34. The Labute approximate surface area is 235 Å². The summed E-state index contributed by atoms with van der Waals surface area (Å²) in [4.78, 5) is 17.5. The molecular formula is C34H35N3O3. The number of carbonyl (C=O) groups excluding carboxylic acids is 1. The predicted octanol–water partition coefficient (Wildman–Crippen LogP) is 6.47. The van der Waals surface area contributed by atoms with Crippen LogP contribution >= 0.6 is 0 Å². The van der Waals surface area contributed by atoms with Gasteiger partial charge in [-0.2, -0.15) is 0 Å². The molecule has 40 heavy (non-hydrogen) atoms. The van der Waals surface area contributed by atoms with Crippen LogP contribution < -0.4 is 14.8 Å². The molecule has 5 aromatic rings. The van der Waals surface area contributed by atoms with Crippen molar-refractivity contribution in [2.75, 3.05) is 19.8 Å². The lowest BCUT2D eigenvalue weighted by molar-refractivity contribution is -0.120. The molecule has 6 nitrogen and oxygen atoms in total. The van der Waals surface area contributed by atoms with Gasteiger partial charge in [-0.15, -0.1) is 0 Å². The van der Waals surface area contributed by atoms with Crippen LogP contribution in [0, 0.1) is 0 Å². The summed E-state index contributed by atoms with van der Waals surface area (Å²) in [7, 11) is 0. The highest BCUT2D eigenvalue weighted by molar-refractivity contribution is 5.79. The molecule has 0 saturated heterocycles. The molecule has 0 aliphatic carbocycles. The van der Waals surface area contributed by atoms with Gasteiger partial charge in [0.05, 0.1) is 30.6 Å². The minimum atomic E-state index is 0.0299. The van der Waals surface area contributed by atoms with E-state index in [0.29, 0.717) is 32.7 Å². The fourth-order valence-electron chi connectivity index (χ4n) is 4.82. The first-order valence-corrected chi connectivity index (χ1v) is 13.9. The third-order valence-corrected chi connectivity index (χ3v) is 6.78. The molecule has 4 aromatic carbocycles. The Kier molecular flexibility index (Phi) is 9.09. The maximum Gasteiger partial charge on any atom is 0.224 e. The standard InChI is InChI=1S/C34H35N3O3/c1-2-39-31-15-8-9-16-32(31)40-24-23-37-30-14-7-6-13-29(30)36-33(37)17-10-22-35-34(38)25-26-18-20-28(21-19-26)27-11-4-3-5-12-27/h3-9,11-16,18-21H,2,10,17,22-25H2,1H3,(H,35,38). The molecule has 1 heterocycles. The number of nitrogens with zero attached hydrogens (tertiary/aromatic N) is 2. The van der Waals surface area contributed by atoms with Crippen molar-refractivity contribution in [1.82, 2.24) is 14.9 Å². The van der Waals surface area contributed by atoms with Crippen LogP contribution in [-0.2, 0) is 24.2 Å². The lowest BCUT2D eigenvalue weighted by Crippen LogP contribution is -2.26. The fraction of sp³-hybridized carbons (Fsp3) is 0.235. The number of hydrogen-bond acceptors (Lipinski definition) is 4. The zero-order valence-electron chi connectivity index (χ0n) is 22.9. The molecule has 0 saturated carbocycles. The number of aromatic nitrogens is 2. The SMILES string of the molecule is CCOc1ccccc1OCCn1c(CCCNC(=O)Cc2ccc(-c3ccccc3)cc2)nc2ccccc21. The first-order chi connectivity index (χ1) is 19.7. The minimum Gasteiger partial charge on any atom is -0.490 e. The molecule has 0 fully saturated rings. The van der Waals surface area contributed by atoms with Crippen LogP contribution in [0.25, 0.3) is 22.2 Å².